The van der Waals surface area contributed by atoms with Crippen LogP contribution >= 0.6 is 0 Å². The van der Waals surface area contributed by atoms with Crippen LogP contribution in [0.2, 0.25) is 0 Å². The van der Waals surface area contributed by atoms with Gasteiger partial charge in [0.25, 0.3) is 0 Å². The molecule has 2 aliphatic heterocycles. The van der Waals surface area contributed by atoms with Gasteiger partial charge in [0.15, 0.2) is 0 Å². The van der Waals surface area contributed by atoms with Crippen molar-refractivity contribution in [2.75, 3.05) is 6.54 Å². The minimum atomic E-state index is 0.590. The van der Waals surface area contributed by atoms with E-state index in [1.54, 1.807) is 0 Å². The van der Waals surface area contributed by atoms with Crippen molar-refractivity contribution in [3.63, 3.8) is 0 Å². The number of hydrogen-bond acceptors (Lipinski definition) is 1. The van der Waals surface area contributed by atoms with Crippen LogP contribution in [-0.4, -0.2) is 11.1 Å². The highest BCUT2D eigenvalue weighted by molar-refractivity contribution is 5.87. The molecule has 2 heteroatoms. The van der Waals surface area contributed by atoms with E-state index >= 15 is 0 Å². The number of rotatable bonds is 1. The summed E-state index contributed by atoms with van der Waals surface area (Å²) in [6.07, 6.45) is 7.55. The molecule has 0 spiro atoms. The maximum atomic E-state index is 3.63. The van der Waals surface area contributed by atoms with E-state index in [0.29, 0.717) is 6.04 Å². The van der Waals surface area contributed by atoms with Gasteiger partial charge in [-0.15, -0.1) is 0 Å². The summed E-state index contributed by atoms with van der Waals surface area (Å²) in [4.78, 5) is 0. The molecule has 3 heterocycles. The van der Waals surface area contributed by atoms with Crippen LogP contribution in [0, 0.1) is 0 Å². The number of aromatic nitrogens is 1. The first-order valence-corrected chi connectivity index (χ1v) is 6.77. The molecule has 0 radical (unpaired) electrons. The zero-order chi connectivity index (χ0) is 11.2. The Morgan fingerprint density at radius 3 is 3.12 bits per heavy atom. The third kappa shape index (κ3) is 1.37. The molecule has 4 rings (SSSR count). The second-order valence-corrected chi connectivity index (χ2v) is 5.34. The smallest absolute Gasteiger partial charge is 0.0516 e. The van der Waals surface area contributed by atoms with Gasteiger partial charge in [0, 0.05) is 24.2 Å². The molecule has 1 atom stereocenters. The maximum Gasteiger partial charge on any atom is 0.0516 e. The van der Waals surface area contributed by atoms with Gasteiger partial charge in [-0.25, -0.2) is 0 Å². The van der Waals surface area contributed by atoms with Crippen molar-refractivity contribution in [2.45, 2.75) is 38.3 Å². The summed E-state index contributed by atoms with van der Waals surface area (Å²) in [6, 6.07) is 7.41. The fourth-order valence-corrected chi connectivity index (χ4v) is 3.51. The Labute approximate surface area is 102 Å². The molecule has 88 valence electrons. The Hall–Kier alpha value is -1.28. The van der Waals surface area contributed by atoms with Crippen molar-refractivity contribution in [1.29, 1.82) is 0 Å². The molecule has 0 bridgehead atoms. The topological polar surface area (TPSA) is 17.0 Å². The maximum absolute atomic E-state index is 3.63. The van der Waals surface area contributed by atoms with E-state index in [9.17, 15) is 0 Å². The average Bonchev–Trinajstić information content (AvgIpc) is 2.98. The van der Waals surface area contributed by atoms with Crippen LogP contribution < -0.4 is 5.32 Å². The fraction of sp³-hybridized carbons (Fsp3) is 0.467. The third-order valence-corrected chi connectivity index (χ3v) is 4.29. The van der Waals surface area contributed by atoms with E-state index in [0.717, 1.165) is 0 Å². The molecule has 1 unspecified atom stereocenters. The minimum Gasteiger partial charge on any atom is -0.347 e. The average molecular weight is 226 g/mol. The largest absolute Gasteiger partial charge is 0.347 e. The molecule has 2 aromatic rings. The van der Waals surface area contributed by atoms with E-state index in [4.69, 9.17) is 0 Å². The van der Waals surface area contributed by atoms with Crippen molar-refractivity contribution in [3.8, 4) is 0 Å². The number of nitrogens with zero attached hydrogens (tertiary/aromatic N) is 1. The van der Waals surface area contributed by atoms with Crippen LogP contribution in [0.4, 0.5) is 0 Å². The second-order valence-electron chi connectivity index (χ2n) is 5.34. The number of hydrogen-bond donors (Lipinski definition) is 1. The lowest BCUT2D eigenvalue weighted by Gasteiger charge is -2.14. The molecule has 1 aromatic carbocycles. The normalized spacial score (nSPS) is 23.4. The van der Waals surface area contributed by atoms with Gasteiger partial charge in [0.2, 0.25) is 0 Å². The highest BCUT2D eigenvalue weighted by Gasteiger charge is 2.23. The Morgan fingerprint density at radius 2 is 2.24 bits per heavy atom. The quantitative estimate of drug-likeness (QED) is 0.791. The molecule has 1 aromatic heterocycles. The summed E-state index contributed by atoms with van der Waals surface area (Å²) >= 11 is 0. The van der Waals surface area contributed by atoms with Gasteiger partial charge in [0.05, 0.1) is 5.52 Å². The Balaban J connectivity index is 1.96. The van der Waals surface area contributed by atoms with Crippen molar-refractivity contribution in [3.05, 3.63) is 35.5 Å². The Morgan fingerprint density at radius 1 is 1.24 bits per heavy atom. The second kappa shape index (κ2) is 3.61. The first-order valence-electron chi connectivity index (χ1n) is 6.77. The third-order valence-electron chi connectivity index (χ3n) is 4.29. The van der Waals surface area contributed by atoms with E-state index < -0.39 is 0 Å². The van der Waals surface area contributed by atoms with Gasteiger partial charge < -0.3 is 9.88 Å². The molecule has 0 saturated carbocycles. The van der Waals surface area contributed by atoms with Crippen molar-refractivity contribution >= 4 is 10.9 Å². The van der Waals surface area contributed by atoms with E-state index in [2.05, 4.69) is 34.3 Å². The lowest BCUT2D eigenvalue weighted by molar-refractivity contribution is 0.619. The van der Waals surface area contributed by atoms with Crippen LogP contribution in [0.25, 0.3) is 10.9 Å². The number of benzene rings is 1. The minimum absolute atomic E-state index is 0.590. The van der Waals surface area contributed by atoms with Crippen LogP contribution in [0.1, 0.15) is 36.4 Å². The van der Waals surface area contributed by atoms with E-state index in [1.807, 2.05) is 0 Å². The standard InChI is InChI=1S/C15H18N2/c1-4-11-5-3-9-17-10-13(12(6-1)15(11)17)14-7-2-8-16-14/h1,4,6,10,14,16H,2-3,5,7-9H2. The van der Waals surface area contributed by atoms with Gasteiger partial charge >= 0.3 is 0 Å². The van der Waals surface area contributed by atoms with Gasteiger partial charge in [0.1, 0.15) is 0 Å². The predicted octanol–water partition coefficient (Wildman–Crippen LogP) is 3.01. The van der Waals surface area contributed by atoms with E-state index in [-0.39, 0.29) is 0 Å². The predicted molar refractivity (Wildman–Crippen MR) is 70.2 cm³/mol. The fourth-order valence-electron chi connectivity index (χ4n) is 3.51. The summed E-state index contributed by atoms with van der Waals surface area (Å²) in [5, 5.41) is 5.12. The van der Waals surface area contributed by atoms with Gasteiger partial charge in [-0.2, -0.15) is 0 Å². The van der Waals surface area contributed by atoms with Crippen LogP contribution in [-0.2, 0) is 13.0 Å². The zero-order valence-corrected chi connectivity index (χ0v) is 10.1. The van der Waals surface area contributed by atoms with Crippen LogP contribution in [0.15, 0.2) is 24.4 Å². The number of para-hydroxylation sites is 1. The van der Waals surface area contributed by atoms with Crippen LogP contribution in [0.3, 0.4) is 0 Å². The summed E-state index contributed by atoms with van der Waals surface area (Å²) in [5.41, 5.74) is 4.57. The lowest BCUT2D eigenvalue weighted by Crippen LogP contribution is -2.12. The highest BCUT2D eigenvalue weighted by atomic mass is 15.0. The molecular weight excluding hydrogens is 208 g/mol. The van der Waals surface area contributed by atoms with Crippen molar-refractivity contribution in [1.82, 2.24) is 9.88 Å². The molecule has 1 saturated heterocycles. The monoisotopic (exact) mass is 226 g/mol. The first-order chi connectivity index (χ1) is 8.43. The zero-order valence-electron chi connectivity index (χ0n) is 10.1. The van der Waals surface area contributed by atoms with Gasteiger partial charge in [-0.05, 0) is 43.4 Å². The molecular formula is C15H18N2. The van der Waals surface area contributed by atoms with Crippen molar-refractivity contribution in [2.24, 2.45) is 0 Å². The highest BCUT2D eigenvalue weighted by Crippen LogP contribution is 2.35. The van der Waals surface area contributed by atoms with Gasteiger partial charge in [-0.3, -0.25) is 0 Å². The molecule has 0 aliphatic carbocycles. The van der Waals surface area contributed by atoms with Crippen LogP contribution in [0.5, 0.6) is 0 Å². The summed E-state index contributed by atoms with van der Waals surface area (Å²) in [7, 11) is 0. The summed E-state index contributed by atoms with van der Waals surface area (Å²) in [6.45, 7) is 2.37. The molecule has 2 aliphatic rings. The van der Waals surface area contributed by atoms with E-state index in [1.165, 1.54) is 60.8 Å². The Kier molecular flexibility index (Phi) is 2.06. The molecule has 0 amide bonds. The Bertz CT molecular complexity index is 562. The lowest BCUT2D eigenvalue weighted by atomic mass is 10.00. The molecule has 1 N–H and O–H groups in total. The summed E-state index contributed by atoms with van der Waals surface area (Å²) in [5.74, 6) is 0. The molecule has 17 heavy (non-hydrogen) atoms. The molecule has 2 nitrogen and oxygen atoms in total. The van der Waals surface area contributed by atoms with Gasteiger partial charge in [-0.1, -0.05) is 18.2 Å². The number of nitrogens with one attached hydrogen (secondary N) is 1. The number of aryl methyl sites for hydroxylation is 2. The SMILES string of the molecule is c1cc2c3c(c1)c(C1CCCN1)cn3CCC2. The summed E-state index contributed by atoms with van der Waals surface area (Å²) < 4.78 is 2.48. The molecule has 1 fully saturated rings. The van der Waals surface area contributed by atoms with Crippen molar-refractivity contribution < 1.29 is 0 Å². The first kappa shape index (κ1) is 9.72.